The van der Waals surface area contributed by atoms with E-state index in [0.29, 0.717) is 22.3 Å². The number of nitrogens with one attached hydrogen (secondary N) is 2. The normalized spacial score (nSPS) is 17.0. The molecule has 0 fully saturated rings. The summed E-state index contributed by atoms with van der Waals surface area (Å²) in [5.41, 5.74) is 0.826. The van der Waals surface area contributed by atoms with Crippen LogP contribution >= 0.6 is 0 Å². The number of amides is 2. The molecule has 240 valence electrons. The molecular formula is C33H26F4N6O4. The van der Waals surface area contributed by atoms with Gasteiger partial charge in [0.2, 0.25) is 11.5 Å². The van der Waals surface area contributed by atoms with Gasteiger partial charge in [-0.2, -0.15) is 13.2 Å². The molecule has 2 atom stereocenters. The van der Waals surface area contributed by atoms with Gasteiger partial charge >= 0.3 is 6.18 Å². The highest BCUT2D eigenvalue weighted by atomic mass is 19.4. The van der Waals surface area contributed by atoms with Crippen molar-refractivity contribution in [3.63, 3.8) is 0 Å². The Hall–Kier alpha value is -5.63. The number of nitrogens with two attached hydrogens (primary N) is 1. The highest BCUT2D eigenvalue weighted by Crippen LogP contribution is 2.47. The van der Waals surface area contributed by atoms with Crippen molar-refractivity contribution in [2.75, 3.05) is 18.5 Å². The lowest BCUT2D eigenvalue weighted by molar-refractivity contribution is -0.265. The summed E-state index contributed by atoms with van der Waals surface area (Å²) in [6.07, 6.45) is -0.703. The van der Waals surface area contributed by atoms with Crippen LogP contribution in [0.2, 0.25) is 0 Å². The molecule has 0 radical (unpaired) electrons. The van der Waals surface area contributed by atoms with Crippen LogP contribution < -0.4 is 21.1 Å². The van der Waals surface area contributed by atoms with E-state index in [1.807, 2.05) is 0 Å². The first-order valence-electron chi connectivity index (χ1n) is 14.2. The van der Waals surface area contributed by atoms with Crippen LogP contribution in [0.5, 0.6) is 5.75 Å². The molecule has 0 bridgehead atoms. The topological polar surface area (TPSA) is 152 Å². The molecular weight excluding hydrogens is 620 g/mol. The van der Waals surface area contributed by atoms with E-state index >= 15 is 0 Å². The van der Waals surface area contributed by atoms with Crippen LogP contribution in [0.15, 0.2) is 85.3 Å². The van der Waals surface area contributed by atoms with Gasteiger partial charge in [0.25, 0.3) is 5.91 Å². The average Bonchev–Trinajstić information content (AvgIpc) is 3.41. The molecule has 4 heterocycles. The first-order chi connectivity index (χ1) is 22.3. The fourth-order valence-electron chi connectivity index (χ4n) is 5.26. The Balaban J connectivity index is 1.40. The van der Waals surface area contributed by atoms with Crippen molar-refractivity contribution < 1.29 is 37.0 Å². The molecule has 0 saturated carbocycles. The zero-order valence-electron chi connectivity index (χ0n) is 24.6. The first kappa shape index (κ1) is 31.4. The molecule has 2 aromatic carbocycles. The van der Waals surface area contributed by atoms with Crippen molar-refractivity contribution in [2.24, 2.45) is 5.73 Å². The van der Waals surface area contributed by atoms with Crippen LogP contribution in [0.25, 0.3) is 22.2 Å². The van der Waals surface area contributed by atoms with Gasteiger partial charge in [-0.1, -0.05) is 6.07 Å². The molecule has 47 heavy (non-hydrogen) atoms. The van der Waals surface area contributed by atoms with E-state index < -0.39 is 47.1 Å². The standard InChI is InChI=1S/C33H26F4N6O4/c1-31(30(38)45)17-47-28-23(31)15-25(43-27(28)18-4-6-21(34)7-5-18)32(46,33(35,36)37)16-41-29(44)20-13-19-3-2-10-40-26(19)24(14-20)42-22-8-11-39-12-9-22/h2-15,46H,16-17H2,1H3,(H2,38,45)(H,39,42)(H,41,44)/t31-,32-/m0/s1. The number of anilines is 2. The van der Waals surface area contributed by atoms with Crippen molar-refractivity contribution in [2.45, 2.75) is 24.1 Å². The van der Waals surface area contributed by atoms with E-state index in [2.05, 4.69) is 25.6 Å². The number of fused-ring (bicyclic) bond motifs is 2. The Morgan fingerprint density at radius 1 is 1.04 bits per heavy atom. The Morgan fingerprint density at radius 3 is 2.45 bits per heavy atom. The van der Waals surface area contributed by atoms with Crippen LogP contribution in [0.3, 0.4) is 0 Å². The Morgan fingerprint density at radius 2 is 1.77 bits per heavy atom. The first-order valence-corrected chi connectivity index (χ1v) is 14.2. The monoisotopic (exact) mass is 646 g/mol. The van der Waals surface area contributed by atoms with Gasteiger partial charge in [-0.05, 0) is 67.6 Å². The Bertz CT molecular complexity index is 2010. The molecule has 6 rings (SSSR count). The Kier molecular flexibility index (Phi) is 7.76. The third kappa shape index (κ3) is 5.67. The molecule has 2 amide bonds. The number of nitrogens with zero attached hydrogens (tertiary/aromatic N) is 3. The van der Waals surface area contributed by atoms with Crippen molar-refractivity contribution >= 4 is 34.1 Å². The maximum absolute atomic E-state index is 14.8. The SMILES string of the molecule is C[C@]1(C(N)=O)COc2c1cc([C@@](O)(CNC(=O)c1cc(Nc3ccncc3)c3ncccc3c1)C(F)(F)F)nc2-c1ccc(F)cc1. The molecule has 0 unspecified atom stereocenters. The lowest BCUT2D eigenvalue weighted by Crippen LogP contribution is -2.51. The van der Waals surface area contributed by atoms with Gasteiger partial charge in [0.1, 0.15) is 29.3 Å². The third-order valence-corrected chi connectivity index (χ3v) is 8.06. The maximum Gasteiger partial charge on any atom is 0.424 e. The number of ether oxygens (including phenoxy) is 1. The minimum absolute atomic E-state index is 0.0183. The lowest BCUT2D eigenvalue weighted by Gasteiger charge is -2.31. The fourth-order valence-corrected chi connectivity index (χ4v) is 5.26. The van der Waals surface area contributed by atoms with Gasteiger partial charge in [-0.3, -0.25) is 19.6 Å². The number of hydrogen-bond acceptors (Lipinski definition) is 8. The molecule has 5 aromatic rings. The van der Waals surface area contributed by atoms with Crippen LogP contribution in [-0.4, -0.2) is 51.2 Å². The zero-order chi connectivity index (χ0) is 33.6. The van der Waals surface area contributed by atoms with Crippen LogP contribution in [0.4, 0.5) is 28.9 Å². The summed E-state index contributed by atoms with van der Waals surface area (Å²) in [4.78, 5) is 38.3. The quantitative estimate of drug-likeness (QED) is 0.174. The largest absolute Gasteiger partial charge is 0.489 e. The number of rotatable bonds is 8. The molecule has 1 aliphatic heterocycles. The summed E-state index contributed by atoms with van der Waals surface area (Å²) in [5.74, 6) is -2.46. The fraction of sp³-hybridized carbons (Fsp3) is 0.182. The number of pyridine rings is 3. The summed E-state index contributed by atoms with van der Waals surface area (Å²) < 4.78 is 63.8. The number of carbonyl (C=O) groups is 2. The highest BCUT2D eigenvalue weighted by Gasteiger charge is 2.57. The number of hydrogen-bond donors (Lipinski definition) is 4. The average molecular weight is 647 g/mol. The van der Waals surface area contributed by atoms with Gasteiger partial charge in [-0.15, -0.1) is 0 Å². The van der Waals surface area contributed by atoms with Crippen molar-refractivity contribution in [1.29, 1.82) is 0 Å². The number of benzene rings is 2. The summed E-state index contributed by atoms with van der Waals surface area (Å²) in [6.45, 7) is -0.263. The summed E-state index contributed by atoms with van der Waals surface area (Å²) >= 11 is 0. The van der Waals surface area contributed by atoms with Crippen LogP contribution in [0, 0.1) is 5.82 Å². The van der Waals surface area contributed by atoms with E-state index in [0.717, 1.165) is 18.2 Å². The van der Waals surface area contributed by atoms with E-state index in [1.165, 1.54) is 31.2 Å². The number of halogens is 4. The predicted octanol–water partition coefficient (Wildman–Crippen LogP) is 4.89. The smallest absolute Gasteiger partial charge is 0.424 e. The summed E-state index contributed by atoms with van der Waals surface area (Å²) in [5, 5.41) is 17.2. The molecule has 0 aliphatic carbocycles. The number of carbonyl (C=O) groups excluding carboxylic acids is 2. The van der Waals surface area contributed by atoms with E-state index in [9.17, 15) is 32.3 Å². The van der Waals surface area contributed by atoms with Gasteiger partial charge in [0.15, 0.2) is 0 Å². The molecule has 5 N–H and O–H groups in total. The Labute approximate surface area is 264 Å². The number of alkyl halides is 3. The lowest BCUT2D eigenvalue weighted by atomic mass is 9.81. The molecule has 0 spiro atoms. The van der Waals surface area contributed by atoms with Crippen molar-refractivity contribution in [1.82, 2.24) is 20.3 Å². The van der Waals surface area contributed by atoms with Gasteiger partial charge in [-0.25, -0.2) is 9.37 Å². The second-order valence-electron chi connectivity index (χ2n) is 11.2. The zero-order valence-corrected chi connectivity index (χ0v) is 24.6. The molecule has 0 saturated heterocycles. The van der Waals surface area contributed by atoms with Gasteiger partial charge < -0.3 is 26.2 Å². The van der Waals surface area contributed by atoms with E-state index in [-0.39, 0.29) is 34.7 Å². The number of aliphatic hydroxyl groups is 1. The van der Waals surface area contributed by atoms with E-state index in [1.54, 1.807) is 42.9 Å². The van der Waals surface area contributed by atoms with Crippen LogP contribution in [-0.2, 0) is 15.8 Å². The van der Waals surface area contributed by atoms with Crippen LogP contribution in [0.1, 0.15) is 28.5 Å². The minimum atomic E-state index is -5.37. The van der Waals surface area contributed by atoms with Gasteiger partial charge in [0.05, 0.1) is 23.4 Å². The van der Waals surface area contributed by atoms with Crippen molar-refractivity contribution in [3.05, 3.63) is 108 Å². The highest BCUT2D eigenvalue weighted by molar-refractivity contribution is 6.02. The second kappa shape index (κ2) is 11.6. The molecule has 14 heteroatoms. The molecule has 10 nitrogen and oxygen atoms in total. The molecule has 1 aliphatic rings. The summed E-state index contributed by atoms with van der Waals surface area (Å²) in [6, 6.07) is 15.2. The van der Waals surface area contributed by atoms with E-state index in [4.69, 9.17) is 10.5 Å². The summed E-state index contributed by atoms with van der Waals surface area (Å²) in [7, 11) is 0. The number of aromatic nitrogens is 3. The predicted molar refractivity (Wildman–Crippen MR) is 163 cm³/mol. The molecule has 3 aromatic heterocycles. The second-order valence-corrected chi connectivity index (χ2v) is 11.2. The third-order valence-electron chi connectivity index (χ3n) is 8.06. The minimum Gasteiger partial charge on any atom is -0.489 e. The maximum atomic E-state index is 14.8. The number of primary amides is 1. The van der Waals surface area contributed by atoms with Gasteiger partial charge in [0, 0.05) is 46.4 Å². The van der Waals surface area contributed by atoms with Crippen molar-refractivity contribution in [3.8, 4) is 17.0 Å².